The first kappa shape index (κ1) is 14.8. The van der Waals surface area contributed by atoms with E-state index < -0.39 is 16.1 Å². The average Bonchev–Trinajstić information content (AvgIpc) is 2.84. The van der Waals surface area contributed by atoms with Gasteiger partial charge in [0.15, 0.2) is 0 Å². The second-order valence-corrected chi connectivity index (χ2v) is 6.67. The van der Waals surface area contributed by atoms with E-state index in [1.54, 1.807) is 26.2 Å². The maximum atomic E-state index is 12.3. The fraction of sp³-hybridized carbons (Fsp3) is 0.364. The average molecular weight is 314 g/mol. The quantitative estimate of drug-likeness (QED) is 0.884. The van der Waals surface area contributed by atoms with Crippen molar-refractivity contribution in [2.24, 2.45) is 0 Å². The lowest BCUT2D eigenvalue weighted by Crippen LogP contribution is -2.44. The highest BCUT2D eigenvalue weighted by atomic mass is 32.2. The standard InChI is InChI=1S/C11H14N4O3S2/c1-7(11(16)15(2)3)14-20(17,18)9-6-4-5-8-10(9)13-19-12-8/h4-7,14H,1-3H3. The van der Waals surface area contributed by atoms with Gasteiger partial charge in [-0.2, -0.15) is 13.5 Å². The number of amides is 1. The summed E-state index contributed by atoms with van der Waals surface area (Å²) in [6, 6.07) is 3.87. The Balaban J connectivity index is 2.36. The molecule has 20 heavy (non-hydrogen) atoms. The van der Waals surface area contributed by atoms with Gasteiger partial charge >= 0.3 is 0 Å². The molecule has 0 aliphatic heterocycles. The van der Waals surface area contributed by atoms with Crippen molar-refractivity contribution in [1.29, 1.82) is 0 Å². The van der Waals surface area contributed by atoms with Crippen molar-refractivity contribution >= 4 is 38.7 Å². The maximum absolute atomic E-state index is 12.3. The summed E-state index contributed by atoms with van der Waals surface area (Å²) >= 11 is 0.946. The number of carbonyl (C=O) groups is 1. The van der Waals surface area contributed by atoms with Crippen LogP contribution in [0.1, 0.15) is 6.92 Å². The Morgan fingerprint density at radius 1 is 1.35 bits per heavy atom. The van der Waals surface area contributed by atoms with E-state index >= 15 is 0 Å². The number of fused-ring (bicyclic) bond motifs is 1. The molecule has 2 aromatic rings. The summed E-state index contributed by atoms with van der Waals surface area (Å²) < 4.78 is 35.0. The number of likely N-dealkylation sites (N-methyl/N-ethyl adjacent to an activating group) is 1. The van der Waals surface area contributed by atoms with E-state index in [1.807, 2.05) is 0 Å². The van der Waals surface area contributed by atoms with Gasteiger partial charge in [-0.05, 0) is 19.1 Å². The summed E-state index contributed by atoms with van der Waals surface area (Å²) in [5.41, 5.74) is 0.832. The van der Waals surface area contributed by atoms with Gasteiger partial charge in [0, 0.05) is 14.1 Å². The van der Waals surface area contributed by atoms with Gasteiger partial charge in [-0.25, -0.2) is 8.42 Å². The Kier molecular flexibility index (Phi) is 4.02. The van der Waals surface area contributed by atoms with Crippen molar-refractivity contribution in [3.63, 3.8) is 0 Å². The number of nitrogens with one attached hydrogen (secondary N) is 1. The number of sulfonamides is 1. The highest BCUT2D eigenvalue weighted by Crippen LogP contribution is 2.21. The predicted octanol–water partition coefficient (Wildman–Crippen LogP) is 0.446. The third-order valence-corrected chi connectivity index (χ3v) is 4.80. The van der Waals surface area contributed by atoms with Crippen LogP contribution in [0.15, 0.2) is 23.1 Å². The van der Waals surface area contributed by atoms with Crippen molar-refractivity contribution in [2.45, 2.75) is 17.9 Å². The minimum Gasteiger partial charge on any atom is -0.347 e. The number of hydrogen-bond donors (Lipinski definition) is 1. The largest absolute Gasteiger partial charge is 0.347 e. The van der Waals surface area contributed by atoms with E-state index in [9.17, 15) is 13.2 Å². The van der Waals surface area contributed by atoms with E-state index in [0.29, 0.717) is 11.0 Å². The topological polar surface area (TPSA) is 92.3 Å². The molecule has 0 spiro atoms. The molecule has 2 rings (SSSR count). The monoisotopic (exact) mass is 314 g/mol. The van der Waals surface area contributed by atoms with Gasteiger partial charge in [0.2, 0.25) is 15.9 Å². The van der Waals surface area contributed by atoms with Gasteiger partial charge in [0.25, 0.3) is 0 Å². The van der Waals surface area contributed by atoms with Crippen LogP contribution in [0, 0.1) is 0 Å². The Morgan fingerprint density at radius 2 is 2.05 bits per heavy atom. The van der Waals surface area contributed by atoms with Crippen LogP contribution in [0.3, 0.4) is 0 Å². The molecule has 0 aliphatic carbocycles. The molecule has 1 N–H and O–H groups in total. The van der Waals surface area contributed by atoms with Gasteiger partial charge in [-0.1, -0.05) is 6.07 Å². The van der Waals surface area contributed by atoms with Crippen LogP contribution in [-0.4, -0.2) is 48.1 Å². The van der Waals surface area contributed by atoms with Crippen LogP contribution in [0.2, 0.25) is 0 Å². The first-order chi connectivity index (χ1) is 9.33. The van der Waals surface area contributed by atoms with Crippen LogP contribution in [0.5, 0.6) is 0 Å². The van der Waals surface area contributed by atoms with Gasteiger partial charge < -0.3 is 4.90 Å². The zero-order valence-corrected chi connectivity index (χ0v) is 12.8. The van der Waals surface area contributed by atoms with Crippen LogP contribution in [0.4, 0.5) is 0 Å². The van der Waals surface area contributed by atoms with Gasteiger partial charge in [-0.3, -0.25) is 4.79 Å². The summed E-state index contributed by atoms with van der Waals surface area (Å²) in [6.07, 6.45) is 0. The number of nitrogens with zero attached hydrogens (tertiary/aromatic N) is 3. The summed E-state index contributed by atoms with van der Waals surface area (Å²) in [6.45, 7) is 1.50. The predicted molar refractivity (Wildman–Crippen MR) is 75.9 cm³/mol. The summed E-state index contributed by atoms with van der Waals surface area (Å²) in [7, 11) is -0.693. The molecule has 7 nitrogen and oxygen atoms in total. The lowest BCUT2D eigenvalue weighted by atomic mass is 10.3. The molecule has 1 aromatic carbocycles. The first-order valence-electron chi connectivity index (χ1n) is 5.77. The molecule has 1 heterocycles. The number of rotatable bonds is 4. The molecule has 1 unspecified atom stereocenters. The first-order valence-corrected chi connectivity index (χ1v) is 7.99. The van der Waals surface area contributed by atoms with Gasteiger partial charge in [-0.15, -0.1) is 0 Å². The van der Waals surface area contributed by atoms with Gasteiger partial charge in [0.05, 0.1) is 17.8 Å². The Labute approximate surface area is 121 Å². The normalized spacial score (nSPS) is 13.3. The molecule has 0 fully saturated rings. The van der Waals surface area contributed by atoms with Crippen molar-refractivity contribution in [3.05, 3.63) is 18.2 Å². The van der Waals surface area contributed by atoms with Crippen LogP contribution in [0.25, 0.3) is 11.0 Å². The number of benzene rings is 1. The van der Waals surface area contributed by atoms with Gasteiger partial charge in [0.1, 0.15) is 15.9 Å². The van der Waals surface area contributed by atoms with E-state index in [4.69, 9.17) is 0 Å². The fourth-order valence-electron chi connectivity index (χ4n) is 1.73. The highest BCUT2D eigenvalue weighted by molar-refractivity contribution is 7.89. The molecule has 9 heteroatoms. The number of aromatic nitrogens is 2. The summed E-state index contributed by atoms with van der Waals surface area (Å²) in [4.78, 5) is 13.1. The zero-order valence-electron chi connectivity index (χ0n) is 11.2. The minimum absolute atomic E-state index is 0.0298. The van der Waals surface area contributed by atoms with E-state index in [2.05, 4.69) is 13.5 Å². The Hall–Kier alpha value is -1.58. The number of hydrogen-bond acceptors (Lipinski definition) is 6. The number of carbonyl (C=O) groups excluding carboxylic acids is 1. The van der Waals surface area contributed by atoms with Crippen LogP contribution >= 0.6 is 11.7 Å². The third-order valence-electron chi connectivity index (χ3n) is 2.68. The van der Waals surface area contributed by atoms with E-state index in [-0.39, 0.29) is 10.8 Å². The second-order valence-electron chi connectivity index (χ2n) is 4.46. The van der Waals surface area contributed by atoms with Crippen molar-refractivity contribution in [2.75, 3.05) is 14.1 Å². The lowest BCUT2D eigenvalue weighted by Gasteiger charge is -2.18. The molecule has 0 bridgehead atoms. The van der Waals surface area contributed by atoms with Crippen molar-refractivity contribution in [3.8, 4) is 0 Å². The molecule has 1 amide bonds. The van der Waals surface area contributed by atoms with Crippen LogP contribution in [-0.2, 0) is 14.8 Å². The van der Waals surface area contributed by atoms with Crippen molar-refractivity contribution < 1.29 is 13.2 Å². The second kappa shape index (κ2) is 5.43. The van der Waals surface area contributed by atoms with E-state index in [0.717, 1.165) is 11.7 Å². The van der Waals surface area contributed by atoms with Crippen molar-refractivity contribution in [1.82, 2.24) is 18.4 Å². The van der Waals surface area contributed by atoms with Crippen LogP contribution < -0.4 is 4.72 Å². The highest BCUT2D eigenvalue weighted by Gasteiger charge is 2.25. The maximum Gasteiger partial charge on any atom is 0.243 e. The lowest BCUT2D eigenvalue weighted by molar-refractivity contribution is -0.130. The molecular weight excluding hydrogens is 300 g/mol. The molecule has 1 atom stereocenters. The summed E-state index contributed by atoms with van der Waals surface area (Å²) in [5.74, 6) is -0.322. The SMILES string of the molecule is CC(NS(=O)(=O)c1cccc2nsnc12)C(=O)N(C)C. The molecule has 0 saturated heterocycles. The minimum atomic E-state index is -3.83. The zero-order chi connectivity index (χ0) is 14.9. The summed E-state index contributed by atoms with van der Waals surface area (Å²) in [5, 5.41) is 0. The fourth-order valence-corrected chi connectivity index (χ4v) is 3.70. The Morgan fingerprint density at radius 3 is 2.70 bits per heavy atom. The molecule has 0 saturated carbocycles. The Bertz CT molecular complexity index is 739. The smallest absolute Gasteiger partial charge is 0.243 e. The molecule has 108 valence electrons. The molecule has 0 aliphatic rings. The molecule has 0 radical (unpaired) electrons. The molecular formula is C11H14N4O3S2. The molecule has 1 aromatic heterocycles. The van der Waals surface area contributed by atoms with E-state index in [1.165, 1.54) is 17.9 Å². The third kappa shape index (κ3) is 2.79.